The normalized spacial score (nSPS) is 9.21. The van der Waals surface area contributed by atoms with Gasteiger partial charge in [-0.3, -0.25) is 0 Å². The maximum absolute atomic E-state index is 11.2. The van der Waals surface area contributed by atoms with E-state index in [4.69, 9.17) is 0 Å². The van der Waals surface area contributed by atoms with Gasteiger partial charge in [-0.05, 0) is 12.1 Å². The summed E-state index contributed by atoms with van der Waals surface area (Å²) in [5.41, 5.74) is -0.0453. The maximum atomic E-state index is 11.2. The van der Waals surface area contributed by atoms with E-state index < -0.39 is 12.1 Å². The zero-order valence-electron chi connectivity index (χ0n) is 7.48. The van der Waals surface area contributed by atoms with Gasteiger partial charge in [-0.25, -0.2) is 9.59 Å². The zero-order chi connectivity index (χ0) is 10.6. The third kappa shape index (κ3) is 2.22. The van der Waals surface area contributed by atoms with Crippen LogP contribution in [0.25, 0.3) is 0 Å². The van der Waals surface area contributed by atoms with Crippen molar-refractivity contribution in [3.05, 3.63) is 29.8 Å². The van der Waals surface area contributed by atoms with Crippen LogP contribution in [0.5, 0.6) is 5.75 Å². The van der Waals surface area contributed by atoms with Gasteiger partial charge < -0.3 is 15.2 Å². The third-order valence-electron chi connectivity index (χ3n) is 1.51. The first-order valence-corrected chi connectivity index (χ1v) is 3.87. The molecular formula is C9H9NO4. The molecule has 0 saturated carbocycles. The second kappa shape index (κ2) is 4.27. The van der Waals surface area contributed by atoms with Gasteiger partial charge in [-0.1, -0.05) is 12.1 Å². The molecule has 0 spiro atoms. The van der Waals surface area contributed by atoms with E-state index in [1.165, 1.54) is 19.2 Å². The Morgan fingerprint density at radius 2 is 2.00 bits per heavy atom. The van der Waals surface area contributed by atoms with Crippen LogP contribution in [0.2, 0.25) is 0 Å². The van der Waals surface area contributed by atoms with Crippen LogP contribution in [0, 0.1) is 0 Å². The number of phenolic OH excluding ortho intramolecular Hbond substituents is 1. The molecule has 1 amide bonds. The van der Waals surface area contributed by atoms with E-state index in [-0.39, 0.29) is 11.3 Å². The number of phenols is 1. The summed E-state index contributed by atoms with van der Waals surface area (Å²) in [5, 5.41) is 11.4. The molecule has 0 heterocycles. The van der Waals surface area contributed by atoms with Crippen LogP contribution >= 0.6 is 0 Å². The molecule has 0 aliphatic rings. The van der Waals surface area contributed by atoms with Gasteiger partial charge in [0.15, 0.2) is 0 Å². The van der Waals surface area contributed by atoms with Crippen molar-refractivity contribution >= 4 is 12.1 Å². The van der Waals surface area contributed by atoms with Crippen LogP contribution in [0.15, 0.2) is 24.3 Å². The SMILES string of the molecule is CNC(=O)OC(=O)c1ccccc1O. The number of nitrogens with one attached hydrogen (secondary N) is 1. The lowest BCUT2D eigenvalue weighted by molar-refractivity contribution is 0.0623. The van der Waals surface area contributed by atoms with Gasteiger partial charge in [0, 0.05) is 7.05 Å². The van der Waals surface area contributed by atoms with E-state index in [1.807, 2.05) is 0 Å². The largest absolute Gasteiger partial charge is 0.507 e. The van der Waals surface area contributed by atoms with E-state index in [2.05, 4.69) is 10.1 Å². The molecule has 0 saturated heterocycles. The predicted octanol–water partition coefficient (Wildman–Crippen LogP) is 0.888. The van der Waals surface area contributed by atoms with Crippen molar-refractivity contribution in [3.8, 4) is 5.75 Å². The molecule has 2 N–H and O–H groups in total. The molecule has 0 fully saturated rings. The van der Waals surface area contributed by atoms with Crippen molar-refractivity contribution in [1.82, 2.24) is 5.32 Å². The molecule has 5 heteroatoms. The Labute approximate surface area is 80.3 Å². The Bertz CT molecular complexity index is 362. The number of aromatic hydroxyl groups is 1. The van der Waals surface area contributed by atoms with Crippen molar-refractivity contribution in [2.45, 2.75) is 0 Å². The Balaban J connectivity index is 2.80. The minimum Gasteiger partial charge on any atom is -0.507 e. The number of carbonyl (C=O) groups excluding carboxylic acids is 2. The van der Waals surface area contributed by atoms with Crippen molar-refractivity contribution in [2.24, 2.45) is 0 Å². The van der Waals surface area contributed by atoms with Gasteiger partial charge >= 0.3 is 12.1 Å². The number of esters is 1. The maximum Gasteiger partial charge on any atom is 0.414 e. The van der Waals surface area contributed by atoms with Crippen LogP contribution in [0.4, 0.5) is 4.79 Å². The van der Waals surface area contributed by atoms with Crippen LogP contribution in [-0.4, -0.2) is 24.2 Å². The average molecular weight is 195 g/mol. The summed E-state index contributed by atoms with van der Waals surface area (Å²) in [6.07, 6.45) is -0.863. The zero-order valence-corrected chi connectivity index (χ0v) is 7.48. The summed E-state index contributed by atoms with van der Waals surface area (Å²) in [6, 6.07) is 5.81. The highest BCUT2D eigenvalue weighted by Gasteiger charge is 2.14. The molecule has 1 aromatic carbocycles. The number of amides is 1. The van der Waals surface area contributed by atoms with E-state index in [9.17, 15) is 14.7 Å². The monoisotopic (exact) mass is 195 g/mol. The molecule has 0 bridgehead atoms. The van der Waals surface area contributed by atoms with E-state index in [0.29, 0.717) is 0 Å². The van der Waals surface area contributed by atoms with Crippen LogP contribution < -0.4 is 5.32 Å². The predicted molar refractivity (Wildman–Crippen MR) is 48.0 cm³/mol. The second-order valence-corrected chi connectivity index (χ2v) is 2.44. The van der Waals surface area contributed by atoms with Crippen molar-refractivity contribution < 1.29 is 19.4 Å². The third-order valence-corrected chi connectivity index (χ3v) is 1.51. The fraction of sp³-hybridized carbons (Fsp3) is 0.111. The lowest BCUT2D eigenvalue weighted by Crippen LogP contribution is -2.22. The Kier molecular flexibility index (Phi) is 3.06. The minimum atomic E-state index is -0.887. The number of ether oxygens (including phenoxy) is 1. The van der Waals surface area contributed by atoms with Gasteiger partial charge in [0.2, 0.25) is 0 Å². The topological polar surface area (TPSA) is 75.6 Å². The summed E-state index contributed by atoms with van der Waals surface area (Å²) in [6.45, 7) is 0. The van der Waals surface area contributed by atoms with Gasteiger partial charge in [-0.15, -0.1) is 0 Å². The molecule has 0 radical (unpaired) electrons. The van der Waals surface area contributed by atoms with Crippen LogP contribution in [-0.2, 0) is 4.74 Å². The summed E-state index contributed by atoms with van der Waals surface area (Å²) in [7, 11) is 1.33. The van der Waals surface area contributed by atoms with Gasteiger partial charge in [-0.2, -0.15) is 0 Å². The van der Waals surface area contributed by atoms with Gasteiger partial charge in [0.1, 0.15) is 11.3 Å². The molecule has 0 unspecified atom stereocenters. The smallest absolute Gasteiger partial charge is 0.414 e. The van der Waals surface area contributed by atoms with Gasteiger partial charge in [0.05, 0.1) is 0 Å². The fourth-order valence-corrected chi connectivity index (χ4v) is 0.836. The quantitative estimate of drug-likeness (QED) is 0.515. The highest BCUT2D eigenvalue weighted by Crippen LogP contribution is 2.16. The second-order valence-electron chi connectivity index (χ2n) is 2.44. The molecule has 1 rings (SSSR count). The number of para-hydroxylation sites is 1. The molecule has 74 valence electrons. The Morgan fingerprint density at radius 3 is 2.57 bits per heavy atom. The number of benzene rings is 1. The summed E-state index contributed by atoms with van der Waals surface area (Å²) >= 11 is 0. The number of carbonyl (C=O) groups is 2. The van der Waals surface area contributed by atoms with Crippen LogP contribution in [0.1, 0.15) is 10.4 Å². The first-order chi connectivity index (χ1) is 6.65. The van der Waals surface area contributed by atoms with Crippen molar-refractivity contribution in [1.29, 1.82) is 0 Å². The molecule has 5 nitrogen and oxygen atoms in total. The molecule has 0 aliphatic carbocycles. The molecular weight excluding hydrogens is 186 g/mol. The molecule has 0 aliphatic heterocycles. The summed E-state index contributed by atoms with van der Waals surface area (Å²) in [5.74, 6) is -1.11. The molecule has 0 aromatic heterocycles. The summed E-state index contributed by atoms with van der Waals surface area (Å²) < 4.78 is 4.32. The van der Waals surface area contributed by atoms with Gasteiger partial charge in [0.25, 0.3) is 0 Å². The molecule has 14 heavy (non-hydrogen) atoms. The Hall–Kier alpha value is -2.04. The number of rotatable bonds is 1. The van der Waals surface area contributed by atoms with E-state index >= 15 is 0 Å². The lowest BCUT2D eigenvalue weighted by atomic mass is 10.2. The van der Waals surface area contributed by atoms with Crippen molar-refractivity contribution in [3.63, 3.8) is 0 Å². The first-order valence-electron chi connectivity index (χ1n) is 3.87. The first kappa shape index (κ1) is 10.0. The van der Waals surface area contributed by atoms with Crippen molar-refractivity contribution in [2.75, 3.05) is 7.05 Å². The fourth-order valence-electron chi connectivity index (χ4n) is 0.836. The number of hydrogen-bond donors (Lipinski definition) is 2. The summed E-state index contributed by atoms with van der Waals surface area (Å²) in [4.78, 5) is 21.9. The lowest BCUT2D eigenvalue weighted by Gasteiger charge is -2.02. The molecule has 0 atom stereocenters. The van der Waals surface area contributed by atoms with E-state index in [1.54, 1.807) is 12.1 Å². The number of alkyl carbamates (subject to hydrolysis) is 1. The average Bonchev–Trinajstić information content (AvgIpc) is 2.18. The Morgan fingerprint density at radius 1 is 1.36 bits per heavy atom. The standard InChI is InChI=1S/C9H9NO4/c1-10-9(13)14-8(12)6-4-2-3-5-7(6)11/h2-5,11H,1H3,(H,10,13). The highest BCUT2D eigenvalue weighted by atomic mass is 16.6. The molecule has 1 aromatic rings. The van der Waals surface area contributed by atoms with Crippen LogP contribution in [0.3, 0.4) is 0 Å². The van der Waals surface area contributed by atoms with E-state index in [0.717, 1.165) is 0 Å². The minimum absolute atomic E-state index is 0.0453. The highest BCUT2D eigenvalue weighted by molar-refractivity contribution is 5.98. The number of hydrogen-bond acceptors (Lipinski definition) is 4.